The number of hydrogen-bond donors (Lipinski definition) is 2. The van der Waals surface area contributed by atoms with Gasteiger partial charge >= 0.3 is 0 Å². The van der Waals surface area contributed by atoms with E-state index in [-0.39, 0.29) is 11.9 Å². The maximum Gasteiger partial charge on any atom is 0.244 e. The Kier molecular flexibility index (Phi) is 5.11. The highest BCUT2D eigenvalue weighted by Crippen LogP contribution is 2.39. The van der Waals surface area contributed by atoms with Crippen LogP contribution in [0.25, 0.3) is 0 Å². The standard InChI is InChI=1S/C20H30N4O2/c25-19(12-15-6-2-1-3-7-15)21-17-9-4-8-16(17)13-24-14-18(22-23-24)20(26)10-5-11-20/h12,14,16-17,26H,1-11,13H2,(H,21,25)/t16-,17-/m0/s1. The summed E-state index contributed by atoms with van der Waals surface area (Å²) in [6, 6.07) is 0.211. The van der Waals surface area contributed by atoms with Crippen LogP contribution in [0.4, 0.5) is 0 Å². The van der Waals surface area contributed by atoms with Crippen molar-refractivity contribution in [1.29, 1.82) is 0 Å². The molecule has 26 heavy (non-hydrogen) atoms. The van der Waals surface area contributed by atoms with E-state index >= 15 is 0 Å². The van der Waals surface area contributed by atoms with E-state index in [0.29, 0.717) is 11.6 Å². The van der Waals surface area contributed by atoms with Crippen LogP contribution in [0.1, 0.15) is 76.3 Å². The van der Waals surface area contributed by atoms with Gasteiger partial charge in [-0.25, -0.2) is 0 Å². The highest BCUT2D eigenvalue weighted by Gasteiger charge is 2.39. The molecule has 1 aromatic heterocycles. The van der Waals surface area contributed by atoms with Crippen molar-refractivity contribution in [3.05, 3.63) is 23.5 Å². The van der Waals surface area contributed by atoms with Gasteiger partial charge in [0, 0.05) is 18.7 Å². The topological polar surface area (TPSA) is 80.0 Å². The molecule has 1 aromatic rings. The summed E-state index contributed by atoms with van der Waals surface area (Å²) in [5.41, 5.74) is 1.25. The Morgan fingerprint density at radius 3 is 2.77 bits per heavy atom. The molecule has 6 heteroatoms. The van der Waals surface area contributed by atoms with Crippen molar-refractivity contribution in [3.8, 4) is 0 Å². The molecule has 142 valence electrons. The number of carbonyl (C=O) groups excluding carboxylic acids is 1. The molecule has 2 atom stereocenters. The van der Waals surface area contributed by atoms with Gasteiger partial charge in [0.1, 0.15) is 11.3 Å². The molecule has 0 aliphatic heterocycles. The Hall–Kier alpha value is -1.69. The summed E-state index contributed by atoms with van der Waals surface area (Å²) in [5.74, 6) is 0.455. The third kappa shape index (κ3) is 3.85. The van der Waals surface area contributed by atoms with Gasteiger partial charge in [-0.15, -0.1) is 5.10 Å². The monoisotopic (exact) mass is 358 g/mol. The number of aliphatic hydroxyl groups is 1. The molecule has 3 saturated carbocycles. The second-order valence-corrected chi connectivity index (χ2v) is 8.38. The van der Waals surface area contributed by atoms with Crippen LogP contribution in [0.15, 0.2) is 17.8 Å². The number of aromatic nitrogens is 3. The normalized spacial score (nSPS) is 27.8. The molecule has 0 spiro atoms. The molecule has 0 aromatic carbocycles. The molecule has 0 radical (unpaired) electrons. The van der Waals surface area contributed by atoms with E-state index in [1.54, 1.807) is 0 Å². The number of allylic oxidation sites excluding steroid dienone is 1. The second-order valence-electron chi connectivity index (χ2n) is 8.38. The minimum atomic E-state index is -0.756. The van der Waals surface area contributed by atoms with Gasteiger partial charge in [-0.3, -0.25) is 9.48 Å². The predicted molar refractivity (Wildman–Crippen MR) is 98.2 cm³/mol. The van der Waals surface area contributed by atoms with E-state index in [0.717, 1.165) is 57.9 Å². The SMILES string of the molecule is O=C(C=C1CCCCC1)N[C@H]1CCC[C@H]1Cn1cc(C2(O)CCC2)nn1. The van der Waals surface area contributed by atoms with Gasteiger partial charge in [0.2, 0.25) is 5.91 Å². The molecular formula is C20H30N4O2. The first-order valence-electron chi connectivity index (χ1n) is 10.3. The molecule has 2 N–H and O–H groups in total. The zero-order chi connectivity index (χ0) is 18.0. The molecular weight excluding hydrogens is 328 g/mol. The highest BCUT2D eigenvalue weighted by atomic mass is 16.3. The van der Waals surface area contributed by atoms with E-state index in [4.69, 9.17) is 0 Å². The van der Waals surface area contributed by atoms with Crippen molar-refractivity contribution in [2.24, 2.45) is 5.92 Å². The van der Waals surface area contributed by atoms with E-state index in [1.807, 2.05) is 17.0 Å². The third-order valence-corrected chi connectivity index (χ3v) is 6.44. The summed E-state index contributed by atoms with van der Waals surface area (Å²) >= 11 is 0. The minimum Gasteiger partial charge on any atom is -0.383 e. The molecule has 3 aliphatic carbocycles. The van der Waals surface area contributed by atoms with Crippen molar-refractivity contribution in [1.82, 2.24) is 20.3 Å². The van der Waals surface area contributed by atoms with E-state index in [9.17, 15) is 9.90 Å². The molecule has 0 unspecified atom stereocenters. The molecule has 3 aliphatic rings. The van der Waals surface area contributed by atoms with Crippen LogP contribution in [-0.4, -0.2) is 32.0 Å². The zero-order valence-corrected chi connectivity index (χ0v) is 15.5. The maximum absolute atomic E-state index is 12.4. The van der Waals surface area contributed by atoms with Crippen molar-refractivity contribution < 1.29 is 9.90 Å². The fourth-order valence-corrected chi connectivity index (χ4v) is 4.61. The quantitative estimate of drug-likeness (QED) is 0.793. The van der Waals surface area contributed by atoms with Crippen LogP contribution in [0.3, 0.4) is 0 Å². The van der Waals surface area contributed by atoms with Gasteiger partial charge in [-0.05, 0) is 63.7 Å². The summed E-state index contributed by atoms with van der Waals surface area (Å²) in [4.78, 5) is 12.4. The Morgan fingerprint density at radius 1 is 1.23 bits per heavy atom. The van der Waals surface area contributed by atoms with Crippen LogP contribution >= 0.6 is 0 Å². The van der Waals surface area contributed by atoms with Crippen molar-refractivity contribution >= 4 is 5.91 Å². The third-order valence-electron chi connectivity index (χ3n) is 6.44. The van der Waals surface area contributed by atoms with E-state index in [1.165, 1.54) is 24.8 Å². The molecule has 4 rings (SSSR count). The number of nitrogens with one attached hydrogen (secondary N) is 1. The van der Waals surface area contributed by atoms with Crippen LogP contribution < -0.4 is 5.32 Å². The lowest BCUT2D eigenvalue weighted by Gasteiger charge is -2.34. The maximum atomic E-state index is 12.4. The predicted octanol–water partition coefficient (Wildman–Crippen LogP) is 2.83. The Morgan fingerprint density at radius 2 is 2.04 bits per heavy atom. The summed E-state index contributed by atoms with van der Waals surface area (Å²) < 4.78 is 1.85. The van der Waals surface area contributed by atoms with Crippen molar-refractivity contribution in [3.63, 3.8) is 0 Å². The Balaban J connectivity index is 1.34. The van der Waals surface area contributed by atoms with E-state index < -0.39 is 5.60 Å². The zero-order valence-electron chi connectivity index (χ0n) is 15.5. The largest absolute Gasteiger partial charge is 0.383 e. The average Bonchev–Trinajstić information content (AvgIpc) is 3.24. The summed E-state index contributed by atoms with van der Waals surface area (Å²) in [6.45, 7) is 0.755. The van der Waals surface area contributed by atoms with Crippen LogP contribution in [-0.2, 0) is 16.9 Å². The molecule has 6 nitrogen and oxygen atoms in total. The van der Waals surface area contributed by atoms with Crippen molar-refractivity contribution in [2.45, 2.75) is 88.8 Å². The van der Waals surface area contributed by atoms with Crippen LogP contribution in [0.2, 0.25) is 0 Å². The van der Waals surface area contributed by atoms with Crippen LogP contribution in [0.5, 0.6) is 0 Å². The van der Waals surface area contributed by atoms with Crippen molar-refractivity contribution in [2.75, 3.05) is 0 Å². The summed E-state index contributed by atoms with van der Waals surface area (Å²) in [6.07, 6.45) is 15.5. The van der Waals surface area contributed by atoms with E-state index in [2.05, 4.69) is 15.6 Å². The minimum absolute atomic E-state index is 0.0712. The smallest absolute Gasteiger partial charge is 0.244 e. The van der Waals surface area contributed by atoms with Gasteiger partial charge in [0.05, 0.1) is 6.20 Å². The molecule has 1 heterocycles. The lowest BCUT2D eigenvalue weighted by molar-refractivity contribution is -0.117. The first-order chi connectivity index (χ1) is 12.6. The van der Waals surface area contributed by atoms with Gasteiger partial charge < -0.3 is 10.4 Å². The number of carbonyl (C=O) groups is 1. The number of hydrogen-bond acceptors (Lipinski definition) is 4. The Labute approximate surface area is 155 Å². The summed E-state index contributed by atoms with van der Waals surface area (Å²) in [7, 11) is 0. The first-order valence-corrected chi connectivity index (χ1v) is 10.3. The van der Waals surface area contributed by atoms with Gasteiger partial charge in [-0.2, -0.15) is 0 Å². The van der Waals surface area contributed by atoms with Gasteiger partial charge in [0.15, 0.2) is 0 Å². The Bertz CT molecular complexity index is 669. The van der Waals surface area contributed by atoms with Crippen LogP contribution in [0, 0.1) is 5.92 Å². The number of amides is 1. The fraction of sp³-hybridized carbons (Fsp3) is 0.750. The number of nitrogens with zero attached hydrogens (tertiary/aromatic N) is 3. The summed E-state index contributed by atoms with van der Waals surface area (Å²) in [5, 5.41) is 22.0. The number of rotatable bonds is 5. The molecule has 0 saturated heterocycles. The average molecular weight is 358 g/mol. The van der Waals surface area contributed by atoms with Gasteiger partial charge in [-0.1, -0.05) is 23.6 Å². The highest BCUT2D eigenvalue weighted by molar-refractivity contribution is 5.88. The molecule has 0 bridgehead atoms. The lowest BCUT2D eigenvalue weighted by Crippen LogP contribution is -2.38. The first kappa shape index (κ1) is 17.7. The molecule has 3 fully saturated rings. The fourth-order valence-electron chi connectivity index (χ4n) is 4.61. The molecule has 1 amide bonds. The van der Waals surface area contributed by atoms with Gasteiger partial charge in [0.25, 0.3) is 0 Å². The second kappa shape index (κ2) is 7.51. The lowest BCUT2D eigenvalue weighted by atomic mass is 9.78.